The van der Waals surface area contributed by atoms with E-state index >= 15 is 0 Å². The van der Waals surface area contributed by atoms with Gasteiger partial charge in [0.2, 0.25) is 0 Å². The maximum atomic E-state index is 2.26. The third kappa shape index (κ3) is 2.82. The Morgan fingerprint density at radius 1 is 0.800 bits per heavy atom. The van der Waals surface area contributed by atoms with Gasteiger partial charge in [-0.2, -0.15) is 0 Å². The average Bonchev–Trinajstić information content (AvgIpc) is 2.47. The highest BCUT2D eigenvalue weighted by molar-refractivity contribution is 5.68. The molecule has 1 aliphatic rings. The molecule has 0 saturated heterocycles. The van der Waals surface area contributed by atoms with Crippen LogP contribution in [-0.2, 0) is 0 Å². The number of allylic oxidation sites excluding steroid dienone is 2. The predicted octanol–water partition coefficient (Wildman–Crippen LogP) is 4.76. The smallest absolute Gasteiger partial charge is 0.0162 e. The Labute approximate surface area is 93.3 Å². The molecule has 0 atom stereocenters. The van der Waals surface area contributed by atoms with E-state index in [1.54, 1.807) is 0 Å². The average molecular weight is 200 g/mol. The van der Waals surface area contributed by atoms with Gasteiger partial charge in [0.05, 0.1) is 0 Å². The Bertz CT molecular complexity index is 344. The monoisotopic (exact) mass is 200 g/mol. The van der Waals surface area contributed by atoms with Crippen LogP contribution in [0.2, 0.25) is 0 Å². The van der Waals surface area contributed by atoms with E-state index in [-0.39, 0.29) is 0 Å². The van der Waals surface area contributed by atoms with Crippen molar-refractivity contribution < 1.29 is 0 Å². The summed E-state index contributed by atoms with van der Waals surface area (Å²) in [5.74, 6) is 0. The third-order valence-electron chi connectivity index (χ3n) is 2.57. The highest BCUT2D eigenvalue weighted by atomic mass is 14.1. The summed E-state index contributed by atoms with van der Waals surface area (Å²) in [4.78, 5) is 0. The normalized spacial score (nSPS) is 12.5. The Morgan fingerprint density at radius 2 is 1.20 bits per heavy atom. The zero-order valence-electron chi connectivity index (χ0n) is 10.2. The van der Waals surface area contributed by atoms with Crippen molar-refractivity contribution in [2.75, 3.05) is 0 Å². The Hall–Kier alpha value is -1.30. The predicted molar refractivity (Wildman–Crippen MR) is 69.9 cm³/mol. The summed E-state index contributed by atoms with van der Waals surface area (Å²) in [5.41, 5.74) is 5.44. The number of hydrogen-bond acceptors (Lipinski definition) is 0. The van der Waals surface area contributed by atoms with Crippen molar-refractivity contribution in [1.29, 1.82) is 0 Å². The van der Waals surface area contributed by atoms with Crippen LogP contribution >= 0.6 is 0 Å². The molecule has 2 rings (SSSR count). The van der Waals surface area contributed by atoms with E-state index in [4.69, 9.17) is 0 Å². The van der Waals surface area contributed by atoms with Crippen LogP contribution in [0.15, 0.2) is 24.3 Å². The van der Waals surface area contributed by atoms with Crippen molar-refractivity contribution >= 4 is 12.2 Å². The molecule has 15 heavy (non-hydrogen) atoms. The molecule has 0 unspecified atom stereocenters. The summed E-state index contributed by atoms with van der Waals surface area (Å²) in [7, 11) is 0. The van der Waals surface area contributed by atoms with Gasteiger partial charge in [-0.25, -0.2) is 0 Å². The second kappa shape index (κ2) is 5.55. The molecule has 0 fully saturated rings. The van der Waals surface area contributed by atoms with Crippen molar-refractivity contribution in [1.82, 2.24) is 0 Å². The van der Waals surface area contributed by atoms with Crippen molar-refractivity contribution in [3.05, 3.63) is 46.5 Å². The maximum Gasteiger partial charge on any atom is -0.0162 e. The molecule has 1 aromatic carbocycles. The first-order chi connectivity index (χ1) is 7.27. The lowest BCUT2D eigenvalue weighted by Gasteiger charge is -2.05. The van der Waals surface area contributed by atoms with Crippen LogP contribution in [-0.4, -0.2) is 0 Å². The fraction of sp³-hybridized carbons (Fsp3) is 0.333. The van der Waals surface area contributed by atoms with Crippen LogP contribution in [0.4, 0.5) is 0 Å². The van der Waals surface area contributed by atoms with Gasteiger partial charge in [0.1, 0.15) is 0 Å². The molecular formula is C15H20. The highest BCUT2D eigenvalue weighted by Crippen LogP contribution is 2.21. The topological polar surface area (TPSA) is 0 Å². The Kier molecular flexibility index (Phi) is 4.36. The quantitative estimate of drug-likeness (QED) is 0.566. The fourth-order valence-corrected chi connectivity index (χ4v) is 1.62. The van der Waals surface area contributed by atoms with E-state index in [1.165, 1.54) is 22.3 Å². The molecule has 80 valence electrons. The first kappa shape index (κ1) is 11.8. The fourth-order valence-electron chi connectivity index (χ4n) is 1.62. The van der Waals surface area contributed by atoms with Crippen molar-refractivity contribution in [2.45, 2.75) is 34.1 Å². The van der Waals surface area contributed by atoms with Crippen LogP contribution in [0.3, 0.4) is 0 Å². The molecule has 0 amide bonds. The summed E-state index contributed by atoms with van der Waals surface area (Å²) in [6.45, 7) is 8.33. The molecular weight excluding hydrogens is 180 g/mol. The summed E-state index contributed by atoms with van der Waals surface area (Å²) in [5, 5.41) is 0. The number of rotatable bonds is 0. The minimum Gasteiger partial charge on any atom is -0.0801 e. The van der Waals surface area contributed by atoms with Crippen molar-refractivity contribution in [3.8, 4) is 0 Å². The Balaban J connectivity index is 0.000000531. The molecule has 1 aliphatic carbocycles. The van der Waals surface area contributed by atoms with Gasteiger partial charge in [-0.1, -0.05) is 50.3 Å². The maximum absolute atomic E-state index is 2.26. The van der Waals surface area contributed by atoms with Crippen LogP contribution < -0.4 is 0 Å². The lowest BCUT2D eigenvalue weighted by atomic mass is 10.00. The van der Waals surface area contributed by atoms with Gasteiger partial charge in [0.25, 0.3) is 0 Å². The molecule has 0 bridgehead atoms. The lowest BCUT2D eigenvalue weighted by Crippen LogP contribution is -1.86. The van der Waals surface area contributed by atoms with Crippen LogP contribution in [0, 0.1) is 13.8 Å². The Morgan fingerprint density at radius 3 is 1.60 bits per heavy atom. The number of fused-ring (bicyclic) bond motifs is 1. The molecule has 0 aromatic heterocycles. The van der Waals surface area contributed by atoms with Gasteiger partial charge >= 0.3 is 0 Å². The molecule has 0 N–H and O–H groups in total. The van der Waals surface area contributed by atoms with E-state index < -0.39 is 0 Å². The SMILES string of the molecule is CC.Cc1cc2c(cc1C)C=CCC=C2. The third-order valence-corrected chi connectivity index (χ3v) is 2.57. The molecule has 0 spiro atoms. The van der Waals surface area contributed by atoms with E-state index in [9.17, 15) is 0 Å². The molecule has 0 saturated carbocycles. The first-order valence-electron chi connectivity index (χ1n) is 5.72. The van der Waals surface area contributed by atoms with E-state index in [0.717, 1.165) is 6.42 Å². The molecule has 0 heteroatoms. The number of benzene rings is 1. The summed E-state index contributed by atoms with van der Waals surface area (Å²) in [6.07, 6.45) is 9.88. The molecule has 0 aliphatic heterocycles. The second-order valence-electron chi connectivity index (χ2n) is 3.61. The zero-order valence-corrected chi connectivity index (χ0v) is 10.2. The van der Waals surface area contributed by atoms with Crippen LogP contribution in [0.25, 0.3) is 12.2 Å². The standard InChI is InChI=1S/C13H14.C2H6/c1-10-8-12-6-4-3-5-7-13(12)9-11(10)2;1-2/h4-9H,3H2,1-2H3;1-2H3. The van der Waals surface area contributed by atoms with Gasteiger partial charge in [0, 0.05) is 0 Å². The summed E-state index contributed by atoms with van der Waals surface area (Å²) < 4.78 is 0. The molecule has 0 radical (unpaired) electrons. The second-order valence-corrected chi connectivity index (χ2v) is 3.61. The number of aryl methyl sites for hydroxylation is 2. The van der Waals surface area contributed by atoms with Gasteiger partial charge in [-0.15, -0.1) is 0 Å². The van der Waals surface area contributed by atoms with Gasteiger partial charge in [0.15, 0.2) is 0 Å². The van der Waals surface area contributed by atoms with E-state index in [0.29, 0.717) is 0 Å². The first-order valence-corrected chi connectivity index (χ1v) is 5.72. The highest BCUT2D eigenvalue weighted by Gasteiger charge is 2.01. The van der Waals surface area contributed by atoms with Gasteiger partial charge < -0.3 is 0 Å². The van der Waals surface area contributed by atoms with Gasteiger partial charge in [-0.3, -0.25) is 0 Å². The minimum absolute atomic E-state index is 1.05. The minimum atomic E-state index is 1.05. The van der Waals surface area contributed by atoms with Crippen LogP contribution in [0.5, 0.6) is 0 Å². The molecule has 0 nitrogen and oxygen atoms in total. The summed E-state index contributed by atoms with van der Waals surface area (Å²) in [6, 6.07) is 4.52. The lowest BCUT2D eigenvalue weighted by molar-refractivity contribution is 1.33. The number of hydrogen-bond donors (Lipinski definition) is 0. The van der Waals surface area contributed by atoms with E-state index in [2.05, 4.69) is 50.3 Å². The van der Waals surface area contributed by atoms with Crippen LogP contribution in [0.1, 0.15) is 42.5 Å². The molecule has 0 heterocycles. The molecule has 1 aromatic rings. The largest absolute Gasteiger partial charge is 0.0801 e. The van der Waals surface area contributed by atoms with Gasteiger partial charge in [-0.05, 0) is 42.5 Å². The van der Waals surface area contributed by atoms with E-state index in [1.807, 2.05) is 13.8 Å². The zero-order chi connectivity index (χ0) is 11.3. The summed E-state index contributed by atoms with van der Waals surface area (Å²) >= 11 is 0. The van der Waals surface area contributed by atoms with Crippen molar-refractivity contribution in [2.24, 2.45) is 0 Å². The van der Waals surface area contributed by atoms with Crippen molar-refractivity contribution in [3.63, 3.8) is 0 Å².